The summed E-state index contributed by atoms with van der Waals surface area (Å²) in [6.45, 7) is 4.06. The number of aliphatic hydroxyl groups is 1. The van der Waals surface area contributed by atoms with Gasteiger partial charge in [0.25, 0.3) is 0 Å². The molecule has 158 valence electrons. The molecule has 0 spiro atoms. The fraction of sp³-hybridized carbons (Fsp3) is 0.538. The largest absolute Gasteiger partial charge is 0.393 e. The number of aryl methyl sites for hydroxylation is 1. The third-order valence-corrected chi connectivity index (χ3v) is 6.78. The van der Waals surface area contributed by atoms with Crippen molar-refractivity contribution in [2.75, 3.05) is 0 Å². The number of rotatable bonds is 8. The molecule has 1 atom stereocenters. The third kappa shape index (κ3) is 5.83. The summed E-state index contributed by atoms with van der Waals surface area (Å²) in [6, 6.07) is 12.3. The molecule has 0 heterocycles. The summed E-state index contributed by atoms with van der Waals surface area (Å²) in [5.41, 5.74) is 3.82. The molecule has 0 radical (unpaired) electrons. The summed E-state index contributed by atoms with van der Waals surface area (Å²) < 4.78 is 15.2. The van der Waals surface area contributed by atoms with Crippen molar-refractivity contribution in [3.8, 4) is 11.1 Å². The van der Waals surface area contributed by atoms with Gasteiger partial charge in [0, 0.05) is 5.56 Å². The predicted octanol–water partition coefficient (Wildman–Crippen LogP) is 7.92. The van der Waals surface area contributed by atoms with Crippen LogP contribution in [0.1, 0.15) is 82.3 Å². The van der Waals surface area contributed by atoms with Crippen molar-refractivity contribution in [1.29, 1.82) is 0 Å². The van der Waals surface area contributed by atoms with Gasteiger partial charge in [0.2, 0.25) is 0 Å². The fourth-order valence-corrected chi connectivity index (χ4v) is 5.01. The van der Waals surface area contributed by atoms with Crippen molar-refractivity contribution in [2.45, 2.75) is 83.7 Å². The van der Waals surface area contributed by atoms with Crippen LogP contribution in [0, 0.1) is 11.7 Å². The van der Waals surface area contributed by atoms with E-state index in [0.29, 0.717) is 5.92 Å². The van der Waals surface area contributed by atoms with Crippen LogP contribution in [-0.4, -0.2) is 11.2 Å². The van der Waals surface area contributed by atoms with Crippen molar-refractivity contribution in [3.63, 3.8) is 0 Å². The van der Waals surface area contributed by atoms with Crippen molar-refractivity contribution >= 4 is 11.6 Å². The molecule has 29 heavy (non-hydrogen) atoms. The van der Waals surface area contributed by atoms with Crippen LogP contribution in [0.25, 0.3) is 11.1 Å². The van der Waals surface area contributed by atoms with E-state index in [1.807, 2.05) is 19.1 Å². The van der Waals surface area contributed by atoms with E-state index < -0.39 is 0 Å². The lowest BCUT2D eigenvalue weighted by Gasteiger charge is -2.30. The summed E-state index contributed by atoms with van der Waals surface area (Å²) in [6.07, 6.45) is 9.41. The zero-order valence-electron chi connectivity index (χ0n) is 17.8. The predicted molar refractivity (Wildman–Crippen MR) is 121 cm³/mol. The number of benzene rings is 2. The number of unbranched alkanes of at least 4 members (excludes halogenated alkanes) is 2. The van der Waals surface area contributed by atoms with Gasteiger partial charge in [-0.15, -0.1) is 0 Å². The van der Waals surface area contributed by atoms with Crippen molar-refractivity contribution in [1.82, 2.24) is 0 Å². The van der Waals surface area contributed by atoms with E-state index in [1.54, 1.807) is 0 Å². The second-order valence-electron chi connectivity index (χ2n) is 8.79. The van der Waals surface area contributed by atoms with E-state index in [0.717, 1.165) is 55.2 Å². The Hall–Kier alpha value is -1.38. The van der Waals surface area contributed by atoms with E-state index in [2.05, 4.69) is 31.2 Å². The molecule has 1 aliphatic rings. The number of hydrogen-bond donors (Lipinski definition) is 1. The molecule has 1 unspecified atom stereocenters. The topological polar surface area (TPSA) is 20.2 Å². The zero-order valence-corrected chi connectivity index (χ0v) is 18.5. The first kappa shape index (κ1) is 22.3. The molecule has 0 aliphatic heterocycles. The average molecular weight is 417 g/mol. The van der Waals surface area contributed by atoms with Crippen LogP contribution in [0.2, 0.25) is 5.02 Å². The summed E-state index contributed by atoms with van der Waals surface area (Å²) in [4.78, 5) is 0. The first-order valence-corrected chi connectivity index (χ1v) is 11.6. The highest BCUT2D eigenvalue weighted by atomic mass is 35.5. The monoisotopic (exact) mass is 416 g/mol. The van der Waals surface area contributed by atoms with Crippen molar-refractivity contribution in [3.05, 3.63) is 58.4 Å². The second kappa shape index (κ2) is 10.6. The molecule has 1 fully saturated rings. The van der Waals surface area contributed by atoms with Gasteiger partial charge in [0.15, 0.2) is 0 Å². The maximum absolute atomic E-state index is 15.2. The Labute approximate surface area is 180 Å². The van der Waals surface area contributed by atoms with Gasteiger partial charge in [-0.05, 0) is 80.4 Å². The first-order valence-electron chi connectivity index (χ1n) is 11.2. The summed E-state index contributed by atoms with van der Waals surface area (Å²) in [5, 5.41) is 9.84. The van der Waals surface area contributed by atoms with Crippen LogP contribution in [-0.2, 0) is 6.42 Å². The van der Waals surface area contributed by atoms with Crippen molar-refractivity contribution in [2.24, 2.45) is 5.92 Å². The molecule has 0 aromatic heterocycles. The molecule has 1 aliphatic carbocycles. The lowest BCUT2D eigenvalue weighted by atomic mass is 9.76. The van der Waals surface area contributed by atoms with Crippen LogP contribution in [0.5, 0.6) is 0 Å². The highest BCUT2D eigenvalue weighted by Gasteiger charge is 2.26. The molecule has 2 aromatic carbocycles. The van der Waals surface area contributed by atoms with Gasteiger partial charge < -0.3 is 5.11 Å². The molecular formula is C26H34ClFO. The Morgan fingerprint density at radius 1 is 1.03 bits per heavy atom. The minimum atomic E-state index is -0.254. The van der Waals surface area contributed by atoms with Crippen LogP contribution in [0.4, 0.5) is 4.39 Å². The molecule has 2 aromatic rings. The lowest BCUT2D eigenvalue weighted by Crippen LogP contribution is -2.18. The highest BCUT2D eigenvalue weighted by Crippen LogP contribution is 2.41. The molecule has 3 heteroatoms. The Bertz CT molecular complexity index is 776. The number of aliphatic hydroxyl groups excluding tert-OH is 1. The van der Waals surface area contributed by atoms with Crippen molar-refractivity contribution < 1.29 is 9.50 Å². The van der Waals surface area contributed by atoms with Crippen LogP contribution in [0.3, 0.4) is 0 Å². The molecule has 1 saturated carbocycles. The fourth-order valence-electron chi connectivity index (χ4n) is 4.72. The second-order valence-corrected chi connectivity index (χ2v) is 9.16. The van der Waals surface area contributed by atoms with Crippen LogP contribution >= 0.6 is 11.6 Å². The maximum atomic E-state index is 15.2. The van der Waals surface area contributed by atoms with E-state index >= 15 is 4.39 Å². The Morgan fingerprint density at radius 3 is 2.34 bits per heavy atom. The Kier molecular flexibility index (Phi) is 8.15. The minimum absolute atomic E-state index is 0.229. The Morgan fingerprint density at radius 2 is 1.72 bits per heavy atom. The maximum Gasteiger partial charge on any atom is 0.145 e. The quantitative estimate of drug-likeness (QED) is 0.433. The minimum Gasteiger partial charge on any atom is -0.393 e. The van der Waals surface area contributed by atoms with E-state index in [1.165, 1.54) is 24.8 Å². The highest BCUT2D eigenvalue weighted by molar-refractivity contribution is 6.33. The zero-order chi connectivity index (χ0) is 20.8. The van der Waals surface area contributed by atoms with Gasteiger partial charge in [-0.1, -0.05) is 67.8 Å². The third-order valence-electron chi connectivity index (χ3n) is 6.41. The van der Waals surface area contributed by atoms with Crippen LogP contribution in [0.15, 0.2) is 36.4 Å². The molecule has 0 amide bonds. The molecule has 1 N–H and O–H groups in total. The van der Waals surface area contributed by atoms with E-state index in [4.69, 9.17) is 11.6 Å². The standard InChI is InChI=1S/C26H34ClFO/c1-3-4-5-6-19-7-11-21(12-8-19)23-15-16-24(26(28)25(23)27)22-13-9-20(10-14-22)17-18(2)29/h7-8,11-12,15-16,18,20,22,29H,3-6,9-10,13-14,17H2,1-2H3. The SMILES string of the molecule is CCCCCc1ccc(-c2ccc(C3CCC(CC(C)O)CC3)c(F)c2Cl)cc1. The lowest BCUT2D eigenvalue weighted by molar-refractivity contribution is 0.143. The van der Waals surface area contributed by atoms with Gasteiger partial charge >= 0.3 is 0 Å². The van der Waals surface area contributed by atoms with Gasteiger partial charge in [-0.2, -0.15) is 0 Å². The van der Waals surface area contributed by atoms with E-state index in [-0.39, 0.29) is 22.9 Å². The normalized spacial score (nSPS) is 20.6. The van der Waals surface area contributed by atoms with Gasteiger partial charge in [0.05, 0.1) is 11.1 Å². The molecule has 3 rings (SSSR count). The van der Waals surface area contributed by atoms with Gasteiger partial charge in [0.1, 0.15) is 5.82 Å². The van der Waals surface area contributed by atoms with Gasteiger partial charge in [-0.3, -0.25) is 0 Å². The smallest absolute Gasteiger partial charge is 0.145 e. The van der Waals surface area contributed by atoms with E-state index in [9.17, 15) is 5.11 Å². The molecule has 1 nitrogen and oxygen atoms in total. The van der Waals surface area contributed by atoms with Gasteiger partial charge in [-0.25, -0.2) is 4.39 Å². The summed E-state index contributed by atoms with van der Waals surface area (Å²) in [7, 11) is 0. The molecule has 0 bridgehead atoms. The molecule has 0 saturated heterocycles. The summed E-state index contributed by atoms with van der Waals surface area (Å²) >= 11 is 6.48. The number of halogens is 2. The van der Waals surface area contributed by atoms with Crippen LogP contribution < -0.4 is 0 Å². The summed E-state index contributed by atoms with van der Waals surface area (Å²) in [5.74, 6) is 0.530. The first-order chi connectivity index (χ1) is 14.0. The number of hydrogen-bond acceptors (Lipinski definition) is 1. The average Bonchev–Trinajstić information content (AvgIpc) is 2.71. The molecular weight excluding hydrogens is 383 g/mol. The Balaban J connectivity index is 1.70.